The van der Waals surface area contributed by atoms with Crippen LogP contribution >= 0.6 is 0 Å². The Morgan fingerprint density at radius 2 is 1.50 bits per heavy atom. The van der Waals surface area contributed by atoms with E-state index in [1.165, 1.54) is 11.0 Å². The fourth-order valence-electron chi connectivity index (χ4n) is 8.29. The molecule has 0 bridgehead atoms. The molecule has 262 valence electrons. The minimum absolute atomic E-state index is 0.134. The Kier molecular flexibility index (Phi) is 9.90. The van der Waals surface area contributed by atoms with E-state index in [0.717, 1.165) is 27.1 Å². The van der Waals surface area contributed by atoms with Crippen LogP contribution in [0.25, 0.3) is 5.57 Å². The summed E-state index contributed by atoms with van der Waals surface area (Å²) in [5.41, 5.74) is 2.92. The molecule has 2 heterocycles. The number of carbonyl (C=O) groups excluding carboxylic acids is 3. The lowest BCUT2D eigenvalue weighted by Crippen LogP contribution is -2.68. The van der Waals surface area contributed by atoms with Crippen molar-refractivity contribution < 1.29 is 27.9 Å². The van der Waals surface area contributed by atoms with E-state index in [1.54, 1.807) is 13.0 Å². The summed E-state index contributed by atoms with van der Waals surface area (Å²) >= 11 is 0. The number of hydrogen-bond acceptors (Lipinski definition) is 5. The molecule has 0 radical (unpaired) electrons. The molecule has 6 nitrogen and oxygen atoms in total. The average molecular weight is 694 g/mol. The Morgan fingerprint density at radius 1 is 0.900 bits per heavy atom. The van der Waals surface area contributed by atoms with Gasteiger partial charge in [0, 0.05) is 25.3 Å². The quantitative estimate of drug-likeness (QED) is 0.139. The Bertz CT molecular complexity index is 1770. The van der Waals surface area contributed by atoms with E-state index in [4.69, 9.17) is 9.16 Å². The zero-order chi connectivity index (χ0) is 35.8. The summed E-state index contributed by atoms with van der Waals surface area (Å²) in [6.45, 7) is 12.6. The van der Waals surface area contributed by atoms with Gasteiger partial charge in [-0.3, -0.25) is 19.3 Å². The van der Waals surface area contributed by atoms with Crippen molar-refractivity contribution in [3.8, 4) is 0 Å². The van der Waals surface area contributed by atoms with Gasteiger partial charge in [-0.15, -0.1) is 0 Å². The van der Waals surface area contributed by atoms with E-state index in [0.29, 0.717) is 24.8 Å². The standard InChI is InChI=1S/C42H48FNO5Si/c1-28-23-29(17-20-37(28)43)35-24-30(44-38(45)21-22-39(44)46)27-42(5,6)36(35)19-18-31-25-32(26-40(47)48-31)49-50(41(2,3)4,33-13-9-7-10-14-33)34-15-11-8-12-16-34/h7-20,23,30-32H,21-22,24-27H2,1-6H3/t30?,31-,32-/m0/s1. The van der Waals surface area contributed by atoms with E-state index >= 15 is 0 Å². The summed E-state index contributed by atoms with van der Waals surface area (Å²) < 4.78 is 27.7. The molecule has 8 heteroatoms. The van der Waals surface area contributed by atoms with Crippen molar-refractivity contribution in [1.82, 2.24) is 4.90 Å². The van der Waals surface area contributed by atoms with Gasteiger partial charge in [-0.25, -0.2) is 4.39 Å². The minimum atomic E-state index is -2.90. The summed E-state index contributed by atoms with van der Waals surface area (Å²) in [7, 11) is -2.90. The van der Waals surface area contributed by atoms with Crippen LogP contribution in [0.2, 0.25) is 5.04 Å². The van der Waals surface area contributed by atoms with Gasteiger partial charge in [-0.1, -0.05) is 107 Å². The fraction of sp³-hybridized carbons (Fsp3) is 0.405. The zero-order valence-corrected chi connectivity index (χ0v) is 31.0. The lowest BCUT2D eigenvalue weighted by molar-refractivity contribution is -0.156. The van der Waals surface area contributed by atoms with Crippen LogP contribution in [0.1, 0.15) is 84.3 Å². The van der Waals surface area contributed by atoms with Gasteiger partial charge in [-0.05, 0) is 81.1 Å². The predicted octanol–water partition coefficient (Wildman–Crippen LogP) is 7.43. The van der Waals surface area contributed by atoms with Crippen LogP contribution in [0.15, 0.2) is 96.6 Å². The number of likely N-dealkylation sites (tertiary alicyclic amines) is 1. The molecular formula is C42H48FNO5Si. The first-order valence-electron chi connectivity index (χ1n) is 17.7. The molecule has 0 spiro atoms. The van der Waals surface area contributed by atoms with Crippen LogP contribution in [-0.4, -0.2) is 49.3 Å². The molecule has 3 aromatic carbocycles. The Morgan fingerprint density at radius 3 is 2.06 bits per heavy atom. The van der Waals surface area contributed by atoms with Crippen molar-refractivity contribution in [2.75, 3.05) is 0 Å². The Hall–Kier alpha value is -4.14. The summed E-state index contributed by atoms with van der Waals surface area (Å²) in [5, 5.41) is 2.07. The molecule has 2 fully saturated rings. The fourth-order valence-corrected chi connectivity index (χ4v) is 13.0. The molecule has 0 N–H and O–H groups in total. The number of benzene rings is 3. The van der Waals surface area contributed by atoms with Crippen LogP contribution in [0, 0.1) is 18.2 Å². The van der Waals surface area contributed by atoms with Crippen molar-refractivity contribution in [2.45, 2.75) is 103 Å². The minimum Gasteiger partial charge on any atom is -0.458 e. The van der Waals surface area contributed by atoms with Gasteiger partial charge in [0.2, 0.25) is 11.8 Å². The van der Waals surface area contributed by atoms with Gasteiger partial charge in [-0.2, -0.15) is 0 Å². The molecule has 1 unspecified atom stereocenters. The number of imide groups is 1. The number of amides is 2. The lowest BCUT2D eigenvalue weighted by Gasteiger charge is -2.46. The normalized spacial score (nSPS) is 23.1. The molecule has 3 aliphatic rings. The highest BCUT2D eigenvalue weighted by molar-refractivity contribution is 6.99. The van der Waals surface area contributed by atoms with Crippen LogP contribution in [0.4, 0.5) is 4.39 Å². The lowest BCUT2D eigenvalue weighted by atomic mass is 9.68. The monoisotopic (exact) mass is 693 g/mol. The molecule has 0 saturated carbocycles. The number of aryl methyl sites for hydroxylation is 1. The number of halogens is 1. The summed E-state index contributed by atoms with van der Waals surface area (Å²) in [4.78, 5) is 40.3. The van der Waals surface area contributed by atoms with Gasteiger partial charge >= 0.3 is 5.97 Å². The molecule has 2 amide bonds. The topological polar surface area (TPSA) is 72.9 Å². The largest absolute Gasteiger partial charge is 0.458 e. The van der Waals surface area contributed by atoms with Crippen LogP contribution in [0.5, 0.6) is 0 Å². The molecule has 50 heavy (non-hydrogen) atoms. The Labute approximate surface area is 296 Å². The highest BCUT2D eigenvalue weighted by Crippen LogP contribution is 2.47. The SMILES string of the molecule is Cc1cc(C2=C(C=C[C@H]3C[C@H](O[Si](c4ccccc4)(c4ccccc4)C(C)(C)C)CC(=O)O3)C(C)(C)CC(N3C(=O)CCC3=O)C2)ccc1F. The van der Waals surface area contributed by atoms with E-state index in [9.17, 15) is 18.8 Å². The number of nitrogens with zero attached hydrogens (tertiary/aromatic N) is 1. The van der Waals surface area contributed by atoms with Gasteiger partial charge < -0.3 is 9.16 Å². The smallest absolute Gasteiger partial charge is 0.308 e. The molecule has 3 aromatic rings. The van der Waals surface area contributed by atoms with Gasteiger partial charge in [0.05, 0.1) is 12.5 Å². The van der Waals surface area contributed by atoms with Crippen molar-refractivity contribution in [1.29, 1.82) is 0 Å². The van der Waals surface area contributed by atoms with Crippen LogP contribution in [0.3, 0.4) is 0 Å². The zero-order valence-electron chi connectivity index (χ0n) is 30.0. The maximum atomic E-state index is 14.4. The van der Waals surface area contributed by atoms with Gasteiger partial charge in [0.1, 0.15) is 11.9 Å². The van der Waals surface area contributed by atoms with Gasteiger partial charge in [0.25, 0.3) is 8.32 Å². The molecule has 6 rings (SSSR count). The molecular weight excluding hydrogens is 646 g/mol. The number of esters is 1. The number of allylic oxidation sites excluding steroid dienone is 2. The van der Waals surface area contributed by atoms with Crippen molar-refractivity contribution >= 4 is 42.0 Å². The number of hydrogen-bond donors (Lipinski definition) is 0. The van der Waals surface area contributed by atoms with E-state index in [-0.39, 0.29) is 60.0 Å². The van der Waals surface area contributed by atoms with E-state index in [1.807, 2.05) is 30.4 Å². The number of cyclic esters (lactones) is 1. The maximum Gasteiger partial charge on any atom is 0.308 e. The molecule has 2 aliphatic heterocycles. The maximum absolute atomic E-state index is 14.4. The first-order chi connectivity index (χ1) is 23.7. The highest BCUT2D eigenvalue weighted by Gasteiger charge is 2.52. The first kappa shape index (κ1) is 35.7. The predicted molar refractivity (Wildman–Crippen MR) is 197 cm³/mol. The highest BCUT2D eigenvalue weighted by atomic mass is 28.4. The first-order valence-corrected chi connectivity index (χ1v) is 19.6. The van der Waals surface area contributed by atoms with Crippen molar-refractivity contribution in [3.05, 3.63) is 114 Å². The number of carbonyl (C=O) groups is 3. The molecule has 0 aromatic heterocycles. The van der Waals surface area contributed by atoms with Gasteiger partial charge in [0.15, 0.2) is 0 Å². The van der Waals surface area contributed by atoms with E-state index < -0.39 is 19.8 Å². The molecule has 2 saturated heterocycles. The molecule has 1 aliphatic carbocycles. The molecule has 3 atom stereocenters. The summed E-state index contributed by atoms with van der Waals surface area (Å²) in [5.74, 6) is -0.855. The van der Waals surface area contributed by atoms with Crippen LogP contribution < -0.4 is 10.4 Å². The third-order valence-electron chi connectivity index (χ3n) is 10.6. The third kappa shape index (κ3) is 6.92. The second-order valence-electron chi connectivity index (χ2n) is 15.7. The number of rotatable bonds is 8. The third-order valence-corrected chi connectivity index (χ3v) is 15.7. The summed E-state index contributed by atoms with van der Waals surface area (Å²) in [6.07, 6.45) is 5.34. The second kappa shape index (κ2) is 13.9. The van der Waals surface area contributed by atoms with Crippen molar-refractivity contribution in [2.24, 2.45) is 5.41 Å². The van der Waals surface area contributed by atoms with Crippen molar-refractivity contribution in [3.63, 3.8) is 0 Å². The Balaban J connectivity index is 1.36. The second-order valence-corrected chi connectivity index (χ2v) is 19.9. The van der Waals surface area contributed by atoms with E-state index in [2.05, 4.69) is 83.1 Å². The summed E-state index contributed by atoms with van der Waals surface area (Å²) in [6, 6.07) is 25.6. The van der Waals surface area contributed by atoms with Crippen LogP contribution in [-0.2, 0) is 23.5 Å². The number of ether oxygens (including phenoxy) is 1. The average Bonchev–Trinajstić information content (AvgIpc) is 3.41.